The van der Waals surface area contributed by atoms with Crippen LogP contribution in [0.5, 0.6) is 5.75 Å². The molecule has 0 amide bonds. The number of unbranched alkanes of at least 4 members (excludes halogenated alkanes) is 7. The molecule has 2 aromatic rings. The molecular formula is C29H39BrN2O. The highest BCUT2D eigenvalue weighted by atomic mass is 79.9. The van der Waals surface area contributed by atoms with Gasteiger partial charge in [-0.2, -0.15) is 0 Å². The van der Waals surface area contributed by atoms with Crippen LogP contribution >= 0.6 is 15.9 Å². The first kappa shape index (κ1) is 25.6. The number of aromatic amines is 1. The molecule has 0 fully saturated rings. The van der Waals surface area contributed by atoms with Crippen LogP contribution in [0.15, 0.2) is 52.7 Å². The number of ether oxygens (including phenoxy) is 1. The van der Waals surface area contributed by atoms with E-state index in [9.17, 15) is 0 Å². The zero-order chi connectivity index (χ0) is 23.6. The normalized spacial score (nSPS) is 14.9. The fourth-order valence-electron chi connectivity index (χ4n) is 4.48. The van der Waals surface area contributed by atoms with Crippen molar-refractivity contribution in [1.82, 2.24) is 4.98 Å². The Kier molecular flexibility index (Phi) is 10.1. The molecule has 1 aliphatic heterocycles. The summed E-state index contributed by atoms with van der Waals surface area (Å²) in [6.07, 6.45) is 12.6. The second-order valence-corrected chi connectivity index (χ2v) is 10.00. The van der Waals surface area contributed by atoms with Gasteiger partial charge in [-0.1, -0.05) is 66.6 Å². The summed E-state index contributed by atoms with van der Waals surface area (Å²) in [6.45, 7) is 9.25. The van der Waals surface area contributed by atoms with Crippen molar-refractivity contribution in [3.63, 3.8) is 0 Å². The molecule has 2 heterocycles. The number of aromatic nitrogens is 1. The van der Waals surface area contributed by atoms with Crippen molar-refractivity contribution in [2.24, 2.45) is 4.99 Å². The number of aryl methyl sites for hydroxylation is 2. The van der Waals surface area contributed by atoms with Gasteiger partial charge in [0.15, 0.2) is 0 Å². The molecule has 0 bridgehead atoms. The molecule has 0 saturated carbocycles. The summed E-state index contributed by atoms with van der Waals surface area (Å²) < 4.78 is 6.03. The molecule has 1 aliphatic rings. The van der Waals surface area contributed by atoms with Crippen molar-refractivity contribution in [2.75, 3.05) is 11.9 Å². The minimum atomic E-state index is 0.789. The first-order valence-corrected chi connectivity index (χ1v) is 13.6. The van der Waals surface area contributed by atoms with E-state index in [1.807, 2.05) is 0 Å². The monoisotopic (exact) mass is 510 g/mol. The topological polar surface area (TPSA) is 37.4 Å². The van der Waals surface area contributed by atoms with Gasteiger partial charge in [-0.05, 0) is 81.5 Å². The van der Waals surface area contributed by atoms with Gasteiger partial charge in [0.1, 0.15) is 5.75 Å². The van der Waals surface area contributed by atoms with Crippen LogP contribution in [0.25, 0.3) is 5.57 Å². The minimum Gasteiger partial charge on any atom is -0.494 e. The molecule has 0 saturated heterocycles. The van der Waals surface area contributed by atoms with Crippen LogP contribution in [0.4, 0.5) is 0 Å². The van der Waals surface area contributed by atoms with Crippen molar-refractivity contribution < 1.29 is 4.74 Å². The summed E-state index contributed by atoms with van der Waals surface area (Å²) in [4.78, 5) is 8.41. The second kappa shape index (κ2) is 13.0. The summed E-state index contributed by atoms with van der Waals surface area (Å²) in [5, 5.41) is 1.14. The highest BCUT2D eigenvalue weighted by Crippen LogP contribution is 2.35. The van der Waals surface area contributed by atoms with Crippen molar-refractivity contribution in [3.05, 3.63) is 70.2 Å². The van der Waals surface area contributed by atoms with Crippen LogP contribution in [0, 0.1) is 13.8 Å². The molecule has 3 rings (SSSR count). The lowest BCUT2D eigenvalue weighted by atomic mass is 9.96. The fourth-order valence-corrected chi connectivity index (χ4v) is 4.88. The van der Waals surface area contributed by atoms with Gasteiger partial charge in [0.25, 0.3) is 0 Å². The van der Waals surface area contributed by atoms with E-state index in [-0.39, 0.29) is 0 Å². The Morgan fingerprint density at radius 2 is 1.52 bits per heavy atom. The maximum atomic E-state index is 6.03. The van der Waals surface area contributed by atoms with E-state index in [0.717, 1.165) is 52.3 Å². The number of halogens is 1. The Balaban J connectivity index is 1.58. The van der Waals surface area contributed by atoms with Crippen LogP contribution in [0.3, 0.4) is 0 Å². The number of hydrogen-bond acceptors (Lipinski definition) is 2. The maximum absolute atomic E-state index is 6.03. The molecule has 0 atom stereocenters. The molecule has 0 unspecified atom stereocenters. The quantitative estimate of drug-likeness (QED) is 0.212. The Morgan fingerprint density at radius 1 is 0.879 bits per heavy atom. The van der Waals surface area contributed by atoms with E-state index < -0.39 is 0 Å². The number of alkyl halides is 1. The van der Waals surface area contributed by atoms with Gasteiger partial charge < -0.3 is 9.72 Å². The summed E-state index contributed by atoms with van der Waals surface area (Å²) in [5.41, 5.74) is 9.19. The average molecular weight is 512 g/mol. The molecule has 0 radical (unpaired) electrons. The number of allylic oxidation sites excluding steroid dienone is 2. The Morgan fingerprint density at radius 3 is 2.06 bits per heavy atom. The van der Waals surface area contributed by atoms with Gasteiger partial charge in [0.05, 0.1) is 18.0 Å². The number of rotatable bonds is 13. The van der Waals surface area contributed by atoms with Crippen LogP contribution in [-0.2, 0) is 0 Å². The second-order valence-electron chi connectivity index (χ2n) is 9.20. The molecule has 178 valence electrons. The van der Waals surface area contributed by atoms with Gasteiger partial charge in [0, 0.05) is 22.3 Å². The van der Waals surface area contributed by atoms with E-state index in [0.29, 0.717) is 0 Å². The number of aliphatic imine (C=N–C) groups is 1. The number of nitrogens with one attached hydrogen (secondary N) is 1. The van der Waals surface area contributed by atoms with Gasteiger partial charge in [-0.15, -0.1) is 0 Å². The largest absolute Gasteiger partial charge is 0.494 e. The lowest BCUT2D eigenvalue weighted by Gasteiger charge is -2.13. The van der Waals surface area contributed by atoms with Gasteiger partial charge in [-0.3, -0.25) is 4.99 Å². The first-order valence-electron chi connectivity index (χ1n) is 12.4. The summed E-state index contributed by atoms with van der Waals surface area (Å²) in [7, 11) is 0. The third kappa shape index (κ3) is 7.46. The highest BCUT2D eigenvalue weighted by molar-refractivity contribution is 9.09. The SMILES string of the molecule is CC1=CC(C)=N/C1=C(/c1ccc(OCCCCCCCCCCBr)cc1)c1[nH]c(C)cc1C. The van der Waals surface area contributed by atoms with Crippen molar-refractivity contribution in [3.8, 4) is 5.75 Å². The number of nitrogens with zero attached hydrogens (tertiary/aromatic N) is 1. The van der Waals surface area contributed by atoms with Gasteiger partial charge in [0.2, 0.25) is 0 Å². The standard InChI is InChI=1S/C29H39BrN2O/c1-21-19-23(3)31-28(21)27(29-22(2)20-24(4)32-29)25-13-15-26(16-14-25)33-18-12-10-8-6-5-7-9-11-17-30/h13-16,19-20,31H,5-12,17-18H2,1-4H3/b29-27-. The zero-order valence-corrected chi connectivity index (χ0v) is 22.4. The summed E-state index contributed by atoms with van der Waals surface area (Å²) in [6, 6.07) is 10.7. The van der Waals surface area contributed by atoms with Crippen LogP contribution in [-0.4, -0.2) is 22.6 Å². The molecule has 1 aromatic heterocycles. The Labute approximate surface area is 208 Å². The third-order valence-electron chi connectivity index (χ3n) is 6.16. The first-order chi connectivity index (χ1) is 16.0. The molecule has 0 spiro atoms. The van der Waals surface area contributed by atoms with Crippen LogP contribution < -0.4 is 4.74 Å². The average Bonchev–Trinajstić information content (AvgIpc) is 3.30. The molecular weight excluding hydrogens is 472 g/mol. The van der Waals surface area contributed by atoms with Crippen molar-refractivity contribution in [1.29, 1.82) is 0 Å². The zero-order valence-electron chi connectivity index (χ0n) is 20.8. The van der Waals surface area contributed by atoms with E-state index >= 15 is 0 Å². The van der Waals surface area contributed by atoms with E-state index in [4.69, 9.17) is 9.73 Å². The molecule has 1 aromatic carbocycles. The third-order valence-corrected chi connectivity index (χ3v) is 6.72. The highest BCUT2D eigenvalue weighted by Gasteiger charge is 2.20. The predicted molar refractivity (Wildman–Crippen MR) is 146 cm³/mol. The molecule has 4 heteroatoms. The molecule has 3 nitrogen and oxygen atoms in total. The number of hydrogen-bond donors (Lipinski definition) is 1. The Bertz CT molecular complexity index is 995. The smallest absolute Gasteiger partial charge is 0.119 e. The van der Waals surface area contributed by atoms with E-state index in [1.54, 1.807) is 0 Å². The number of H-pyrrole nitrogens is 1. The lowest BCUT2D eigenvalue weighted by Crippen LogP contribution is -1.99. The Hall–Kier alpha value is -2.07. The summed E-state index contributed by atoms with van der Waals surface area (Å²) in [5.74, 6) is 0.940. The van der Waals surface area contributed by atoms with Crippen molar-refractivity contribution in [2.45, 2.75) is 79.1 Å². The van der Waals surface area contributed by atoms with Crippen LogP contribution in [0.2, 0.25) is 0 Å². The molecule has 0 aliphatic carbocycles. The van der Waals surface area contributed by atoms with Crippen LogP contribution in [0.1, 0.15) is 87.7 Å². The van der Waals surface area contributed by atoms with Crippen molar-refractivity contribution >= 4 is 27.2 Å². The number of benzene rings is 1. The minimum absolute atomic E-state index is 0.789. The molecule has 33 heavy (non-hydrogen) atoms. The predicted octanol–water partition coefficient (Wildman–Crippen LogP) is 8.71. The molecule has 1 N–H and O–H groups in total. The summed E-state index contributed by atoms with van der Waals surface area (Å²) >= 11 is 3.50. The van der Waals surface area contributed by atoms with Gasteiger partial charge in [-0.25, -0.2) is 0 Å². The van der Waals surface area contributed by atoms with Gasteiger partial charge >= 0.3 is 0 Å². The van der Waals surface area contributed by atoms with E-state index in [1.165, 1.54) is 61.8 Å². The fraction of sp³-hybridized carbons (Fsp3) is 0.483. The van der Waals surface area contributed by atoms with E-state index in [2.05, 4.69) is 85.0 Å². The lowest BCUT2D eigenvalue weighted by molar-refractivity contribution is 0.304. The maximum Gasteiger partial charge on any atom is 0.119 e.